The summed E-state index contributed by atoms with van der Waals surface area (Å²) >= 11 is 2.98. The van der Waals surface area contributed by atoms with E-state index in [1.165, 1.54) is 17.4 Å². The summed E-state index contributed by atoms with van der Waals surface area (Å²) in [7, 11) is 1.66. The van der Waals surface area contributed by atoms with Crippen molar-refractivity contribution in [3.8, 4) is 5.75 Å². The zero-order chi connectivity index (χ0) is 19.3. The highest BCUT2D eigenvalue weighted by molar-refractivity contribution is 7.22. The molecule has 4 aromatic rings. The lowest BCUT2D eigenvalue weighted by molar-refractivity contribution is 0.415. The van der Waals surface area contributed by atoms with E-state index in [1.807, 2.05) is 18.2 Å². The van der Waals surface area contributed by atoms with Crippen LogP contribution in [0.2, 0.25) is 0 Å². The number of ether oxygens (including phenoxy) is 1. The number of nitrogens with zero attached hydrogens (tertiary/aromatic N) is 4. The van der Waals surface area contributed by atoms with Crippen LogP contribution in [0.25, 0.3) is 20.4 Å². The maximum Gasteiger partial charge on any atom is 0.186 e. The summed E-state index contributed by atoms with van der Waals surface area (Å²) in [6.07, 6.45) is 0. The molecule has 0 spiro atoms. The summed E-state index contributed by atoms with van der Waals surface area (Å²) in [4.78, 5) is 13.5. The lowest BCUT2D eigenvalue weighted by Gasteiger charge is -2.34. The van der Waals surface area contributed by atoms with Gasteiger partial charge < -0.3 is 14.5 Å². The fourth-order valence-electron chi connectivity index (χ4n) is 3.32. The van der Waals surface area contributed by atoms with Crippen LogP contribution in [0, 0.1) is 11.6 Å². The average molecular weight is 418 g/mol. The summed E-state index contributed by atoms with van der Waals surface area (Å²) in [5.74, 6) is -0.356. The molecule has 0 atom stereocenters. The van der Waals surface area contributed by atoms with E-state index >= 15 is 0 Å². The van der Waals surface area contributed by atoms with Gasteiger partial charge >= 0.3 is 0 Å². The quantitative estimate of drug-likeness (QED) is 0.489. The van der Waals surface area contributed by atoms with Gasteiger partial charge in [0.15, 0.2) is 16.1 Å². The van der Waals surface area contributed by atoms with Crippen LogP contribution in [-0.2, 0) is 0 Å². The van der Waals surface area contributed by atoms with Crippen molar-refractivity contribution < 1.29 is 13.5 Å². The number of benzene rings is 2. The lowest BCUT2D eigenvalue weighted by Crippen LogP contribution is -2.46. The van der Waals surface area contributed by atoms with E-state index in [2.05, 4.69) is 14.8 Å². The van der Waals surface area contributed by atoms with E-state index in [9.17, 15) is 8.78 Å². The lowest BCUT2D eigenvalue weighted by atomic mass is 10.3. The Morgan fingerprint density at radius 3 is 2.29 bits per heavy atom. The number of fused-ring (bicyclic) bond motifs is 2. The van der Waals surface area contributed by atoms with E-state index < -0.39 is 11.6 Å². The van der Waals surface area contributed by atoms with Crippen LogP contribution in [0.3, 0.4) is 0 Å². The van der Waals surface area contributed by atoms with Crippen molar-refractivity contribution in [2.24, 2.45) is 0 Å². The number of anilines is 2. The number of hydrogen-bond acceptors (Lipinski definition) is 7. The molecule has 5 rings (SSSR count). The van der Waals surface area contributed by atoms with Gasteiger partial charge in [-0.1, -0.05) is 22.7 Å². The van der Waals surface area contributed by atoms with Crippen LogP contribution in [0.15, 0.2) is 30.3 Å². The van der Waals surface area contributed by atoms with Crippen LogP contribution in [0.1, 0.15) is 0 Å². The number of rotatable bonds is 3. The van der Waals surface area contributed by atoms with Gasteiger partial charge in [0.1, 0.15) is 17.1 Å². The van der Waals surface area contributed by atoms with Crippen molar-refractivity contribution in [2.75, 3.05) is 43.1 Å². The largest absolute Gasteiger partial charge is 0.497 e. The van der Waals surface area contributed by atoms with Crippen molar-refractivity contribution in [2.45, 2.75) is 0 Å². The molecule has 2 aromatic heterocycles. The van der Waals surface area contributed by atoms with Gasteiger partial charge in [-0.3, -0.25) is 0 Å². The minimum absolute atomic E-state index is 0.240. The molecule has 0 amide bonds. The first kappa shape index (κ1) is 17.6. The molecular weight excluding hydrogens is 402 g/mol. The van der Waals surface area contributed by atoms with Crippen LogP contribution in [0.4, 0.5) is 19.0 Å². The van der Waals surface area contributed by atoms with Gasteiger partial charge in [-0.05, 0) is 24.3 Å². The molecule has 5 nitrogen and oxygen atoms in total. The summed E-state index contributed by atoms with van der Waals surface area (Å²) < 4.78 is 34.3. The predicted molar refractivity (Wildman–Crippen MR) is 110 cm³/mol. The smallest absolute Gasteiger partial charge is 0.186 e. The predicted octanol–water partition coefficient (Wildman–Crippen LogP) is 4.52. The van der Waals surface area contributed by atoms with Crippen molar-refractivity contribution in [1.82, 2.24) is 9.97 Å². The fourth-order valence-corrected chi connectivity index (χ4v) is 5.43. The Morgan fingerprint density at radius 1 is 0.893 bits per heavy atom. The van der Waals surface area contributed by atoms with E-state index in [1.54, 1.807) is 18.4 Å². The third-order valence-electron chi connectivity index (χ3n) is 4.81. The highest BCUT2D eigenvalue weighted by Crippen LogP contribution is 2.34. The summed E-state index contributed by atoms with van der Waals surface area (Å²) in [5, 5.41) is 1.72. The maximum atomic E-state index is 13.9. The fraction of sp³-hybridized carbons (Fsp3) is 0.263. The van der Waals surface area contributed by atoms with Crippen LogP contribution in [0.5, 0.6) is 5.75 Å². The van der Waals surface area contributed by atoms with Crippen LogP contribution >= 0.6 is 22.7 Å². The number of halogens is 2. The molecule has 1 aliphatic rings. The average Bonchev–Trinajstić information content (AvgIpc) is 3.31. The monoisotopic (exact) mass is 418 g/mol. The number of hydrogen-bond donors (Lipinski definition) is 0. The minimum atomic E-state index is -0.610. The molecule has 1 aliphatic heterocycles. The highest BCUT2D eigenvalue weighted by atomic mass is 32.1. The molecule has 0 bridgehead atoms. The highest BCUT2D eigenvalue weighted by Gasteiger charge is 2.23. The maximum absolute atomic E-state index is 13.9. The molecule has 9 heteroatoms. The van der Waals surface area contributed by atoms with Gasteiger partial charge in [0.2, 0.25) is 0 Å². The third kappa shape index (κ3) is 3.04. The van der Waals surface area contributed by atoms with E-state index in [4.69, 9.17) is 9.72 Å². The Bertz CT molecular complexity index is 1170. The normalized spacial score (nSPS) is 15.0. The van der Waals surface area contributed by atoms with Crippen molar-refractivity contribution in [3.63, 3.8) is 0 Å². The van der Waals surface area contributed by atoms with Gasteiger partial charge in [-0.25, -0.2) is 18.7 Å². The van der Waals surface area contributed by atoms with Gasteiger partial charge in [-0.2, -0.15) is 0 Å². The van der Waals surface area contributed by atoms with Gasteiger partial charge in [0.25, 0.3) is 0 Å². The SMILES string of the molecule is COc1ccc2nc(N3CCN(c4nc5c(F)cc(F)cc5s4)CC3)sc2c1. The molecule has 0 unspecified atom stereocenters. The van der Waals surface area contributed by atoms with Crippen molar-refractivity contribution >= 4 is 53.4 Å². The molecule has 144 valence electrons. The molecule has 0 aliphatic carbocycles. The summed E-state index contributed by atoms with van der Waals surface area (Å²) in [6.45, 7) is 3.10. The molecule has 0 saturated carbocycles. The molecule has 1 saturated heterocycles. The number of aromatic nitrogens is 2. The van der Waals surface area contributed by atoms with E-state index in [-0.39, 0.29) is 5.52 Å². The molecule has 3 heterocycles. The Kier molecular flexibility index (Phi) is 4.28. The first-order valence-electron chi connectivity index (χ1n) is 8.81. The Hall–Kier alpha value is -2.52. The standard InChI is InChI=1S/C19H16F2N4OS2/c1-26-12-2-3-14-15(10-12)27-18(22-14)24-4-6-25(7-5-24)19-23-17-13(21)8-11(20)9-16(17)28-19/h2-3,8-10H,4-7H2,1H3. The second-order valence-electron chi connectivity index (χ2n) is 6.53. The van der Waals surface area contributed by atoms with Gasteiger partial charge in [0.05, 0.1) is 22.0 Å². The molecule has 0 N–H and O–H groups in total. The first-order valence-corrected chi connectivity index (χ1v) is 10.4. The second kappa shape index (κ2) is 6.82. The van der Waals surface area contributed by atoms with E-state index in [0.29, 0.717) is 4.70 Å². The third-order valence-corrected chi connectivity index (χ3v) is 6.95. The second-order valence-corrected chi connectivity index (χ2v) is 8.55. The van der Waals surface area contributed by atoms with Crippen LogP contribution in [-0.4, -0.2) is 43.3 Å². The van der Waals surface area contributed by atoms with Gasteiger partial charge in [-0.15, -0.1) is 0 Å². The Labute approximate surface area is 167 Å². The zero-order valence-electron chi connectivity index (χ0n) is 15.0. The van der Waals surface area contributed by atoms with Crippen LogP contribution < -0.4 is 14.5 Å². The molecule has 0 radical (unpaired) electrons. The molecular formula is C19H16F2N4OS2. The van der Waals surface area contributed by atoms with Crippen molar-refractivity contribution in [1.29, 1.82) is 0 Å². The van der Waals surface area contributed by atoms with Gasteiger partial charge in [0, 0.05) is 32.2 Å². The topological polar surface area (TPSA) is 41.5 Å². The summed E-state index contributed by atoms with van der Waals surface area (Å²) in [5.41, 5.74) is 1.20. The Morgan fingerprint density at radius 2 is 1.57 bits per heavy atom. The zero-order valence-corrected chi connectivity index (χ0v) is 16.6. The molecule has 28 heavy (non-hydrogen) atoms. The minimum Gasteiger partial charge on any atom is -0.497 e. The summed E-state index contributed by atoms with van der Waals surface area (Å²) in [6, 6.07) is 8.11. The first-order chi connectivity index (χ1) is 13.6. The number of piperazine rings is 1. The number of thiazole rings is 2. The van der Waals surface area contributed by atoms with E-state index in [0.717, 1.165) is 58.5 Å². The molecule has 1 fully saturated rings. The van der Waals surface area contributed by atoms with Crippen molar-refractivity contribution in [3.05, 3.63) is 42.0 Å². The number of methoxy groups -OCH3 is 1. The molecule has 2 aromatic carbocycles. The Balaban J connectivity index is 1.34.